The van der Waals surface area contributed by atoms with Crippen molar-refractivity contribution >= 4 is 34.3 Å². The summed E-state index contributed by atoms with van der Waals surface area (Å²) >= 11 is 7.01. The molecule has 1 aliphatic heterocycles. The van der Waals surface area contributed by atoms with E-state index in [9.17, 15) is 0 Å². The van der Waals surface area contributed by atoms with Crippen LogP contribution in [0.1, 0.15) is 32.3 Å². The number of hydrogen-bond acceptors (Lipinski definition) is 7. The van der Waals surface area contributed by atoms with E-state index in [2.05, 4.69) is 56.3 Å². The molecule has 0 amide bonds. The zero-order valence-corrected chi connectivity index (χ0v) is 19.6. The Morgan fingerprint density at radius 2 is 1.77 bits per heavy atom. The van der Waals surface area contributed by atoms with Gasteiger partial charge < -0.3 is 9.64 Å². The molecule has 0 saturated carbocycles. The molecule has 1 N–H and O–H groups in total. The highest BCUT2D eigenvalue weighted by Gasteiger charge is 2.35. The third-order valence-corrected chi connectivity index (χ3v) is 6.26. The number of nitrogens with one attached hydrogen (secondary N) is 1. The van der Waals surface area contributed by atoms with Gasteiger partial charge in [0.1, 0.15) is 19.1 Å². The molecule has 1 fully saturated rings. The number of morpholine rings is 1. The summed E-state index contributed by atoms with van der Waals surface area (Å²) in [5, 5.41) is 1.73. The van der Waals surface area contributed by atoms with Gasteiger partial charge in [-0.25, -0.2) is 18.6 Å². The van der Waals surface area contributed by atoms with Gasteiger partial charge in [0.05, 0.1) is 13.2 Å². The topological polar surface area (TPSA) is 106 Å². The van der Waals surface area contributed by atoms with Crippen molar-refractivity contribution in [2.75, 3.05) is 26.3 Å². The van der Waals surface area contributed by atoms with Crippen LogP contribution in [0.2, 0.25) is 0 Å². The highest BCUT2D eigenvalue weighted by molar-refractivity contribution is 8.11. The van der Waals surface area contributed by atoms with Crippen molar-refractivity contribution < 1.29 is 38.5 Å². The summed E-state index contributed by atoms with van der Waals surface area (Å²) in [5.41, 5.74) is 1.58. The molecule has 166 valence electrons. The standard InChI is InChI=1S/C21H27NOS2.ClHO4/c1-21(2)15-18(22-9-11-23-12-10-22)14-19(16-21)25-20(8-13-24)17-6-4-3-5-7-17;2-1(3,4)5/h3-8,13-14,18H,9-12,15-16H2,1-2H3;(H,2,3,4,5). The second-order valence-electron chi connectivity index (χ2n) is 8.07. The summed E-state index contributed by atoms with van der Waals surface area (Å²) in [7, 11) is -4.94. The maximum Gasteiger partial charge on any atom is 0.108 e. The highest BCUT2D eigenvalue weighted by Crippen LogP contribution is 2.44. The van der Waals surface area contributed by atoms with Gasteiger partial charge in [-0.2, -0.15) is 0 Å². The van der Waals surface area contributed by atoms with Crippen LogP contribution in [-0.4, -0.2) is 37.7 Å². The fraction of sp³-hybridized carbons (Fsp3) is 0.476. The average molecular weight is 474 g/mol. The first-order valence-corrected chi connectivity index (χ1v) is 12.2. The molecule has 1 aromatic carbocycles. The van der Waals surface area contributed by atoms with Gasteiger partial charge in [0, 0.05) is 16.7 Å². The van der Waals surface area contributed by atoms with Crippen LogP contribution in [0.5, 0.6) is 0 Å². The zero-order chi connectivity index (χ0) is 22.2. The molecular weight excluding hydrogens is 446 g/mol. The molecule has 9 heteroatoms. The monoisotopic (exact) mass is 473 g/mol. The molecule has 1 aromatic rings. The van der Waals surface area contributed by atoms with E-state index >= 15 is 0 Å². The molecule has 1 unspecified atom stereocenters. The Labute approximate surface area is 190 Å². The Balaban J connectivity index is 0.000000575. The summed E-state index contributed by atoms with van der Waals surface area (Å²) in [6.07, 6.45) is 6.98. The maximum absolute atomic E-state index is 8.49. The minimum Gasteiger partial charge on any atom is -0.370 e. The Hall–Kier alpha value is -0.810. The molecule has 0 aromatic heterocycles. The summed E-state index contributed by atoms with van der Waals surface area (Å²) < 4.78 is 39.5. The number of rotatable bonds is 5. The summed E-state index contributed by atoms with van der Waals surface area (Å²) in [5.74, 6) is 0. The third-order valence-electron chi connectivity index (χ3n) is 4.99. The predicted molar refractivity (Wildman–Crippen MR) is 112 cm³/mol. The van der Waals surface area contributed by atoms with Crippen LogP contribution in [0.15, 0.2) is 47.4 Å². The van der Waals surface area contributed by atoms with Gasteiger partial charge in [-0.1, -0.05) is 68.2 Å². The molecule has 1 atom stereocenters. The number of thioether (sulfide) groups is 1. The number of quaternary nitrogens is 1. The first-order valence-electron chi connectivity index (χ1n) is 9.71. The smallest absolute Gasteiger partial charge is 0.108 e. The summed E-state index contributed by atoms with van der Waals surface area (Å²) in [4.78, 5) is 4.40. The molecule has 1 aliphatic carbocycles. The van der Waals surface area contributed by atoms with Gasteiger partial charge >= 0.3 is 0 Å². The fourth-order valence-electron chi connectivity index (χ4n) is 3.81. The number of benzene rings is 1. The van der Waals surface area contributed by atoms with Crippen LogP contribution in [0, 0.1) is 15.7 Å². The zero-order valence-electron chi connectivity index (χ0n) is 17.2. The minimum absolute atomic E-state index is 0.340. The van der Waals surface area contributed by atoms with Crippen molar-refractivity contribution in [2.45, 2.75) is 32.7 Å². The van der Waals surface area contributed by atoms with E-state index in [-0.39, 0.29) is 0 Å². The van der Waals surface area contributed by atoms with Crippen molar-refractivity contribution in [3.05, 3.63) is 53.0 Å². The predicted octanol–water partition coefficient (Wildman–Crippen LogP) is -1.01. The molecular formula is C21H28ClNO5S2. The molecule has 3 rings (SSSR count). The lowest BCUT2D eigenvalue weighted by atomic mass is 9.78. The second kappa shape index (κ2) is 11.7. The van der Waals surface area contributed by atoms with Gasteiger partial charge in [0.25, 0.3) is 0 Å². The van der Waals surface area contributed by atoms with Gasteiger partial charge in [-0.15, -0.1) is 10.2 Å². The lowest BCUT2D eigenvalue weighted by Gasteiger charge is -2.39. The van der Waals surface area contributed by atoms with E-state index in [1.54, 1.807) is 10.3 Å². The first-order chi connectivity index (χ1) is 14.1. The van der Waals surface area contributed by atoms with E-state index in [0.29, 0.717) is 11.5 Å². The minimum atomic E-state index is -4.94. The number of thiocarbonyl (C=S) groups is 1. The average Bonchev–Trinajstić information content (AvgIpc) is 2.66. The van der Waals surface area contributed by atoms with Gasteiger partial charge in [0.2, 0.25) is 0 Å². The van der Waals surface area contributed by atoms with Crippen LogP contribution in [0.3, 0.4) is 0 Å². The number of allylic oxidation sites excluding steroid dienone is 2. The second-order valence-corrected chi connectivity index (χ2v) is 10.3. The van der Waals surface area contributed by atoms with Crippen LogP contribution in [0.4, 0.5) is 0 Å². The molecule has 0 radical (unpaired) electrons. The molecule has 2 aliphatic rings. The van der Waals surface area contributed by atoms with Crippen LogP contribution >= 0.6 is 24.0 Å². The van der Waals surface area contributed by atoms with Gasteiger partial charge in [0.15, 0.2) is 0 Å². The highest BCUT2D eigenvalue weighted by atomic mass is 35.7. The quantitative estimate of drug-likeness (QED) is 0.431. The van der Waals surface area contributed by atoms with Crippen LogP contribution in [-0.2, 0) is 4.74 Å². The summed E-state index contributed by atoms with van der Waals surface area (Å²) in [6, 6.07) is 11.2. The molecule has 0 spiro atoms. The SMILES string of the molecule is CC1(C)CC(SC(=CC=S)c2ccccc2)=CC([NH+]2CCOCC2)C1.[O-][Cl+3]([O-])([O-])[O-]. The lowest BCUT2D eigenvalue weighted by molar-refractivity contribution is -2.00. The Kier molecular flexibility index (Phi) is 9.93. The van der Waals surface area contributed by atoms with Crippen molar-refractivity contribution in [1.82, 2.24) is 0 Å². The number of halogens is 1. The lowest BCUT2D eigenvalue weighted by Crippen LogP contribution is -3.17. The van der Waals surface area contributed by atoms with Crippen molar-refractivity contribution in [1.29, 1.82) is 0 Å². The van der Waals surface area contributed by atoms with Gasteiger partial charge in [-0.05, 0) is 34.5 Å². The largest absolute Gasteiger partial charge is 0.370 e. The Bertz CT molecular complexity index is 738. The molecule has 6 nitrogen and oxygen atoms in total. The molecule has 30 heavy (non-hydrogen) atoms. The van der Waals surface area contributed by atoms with Crippen LogP contribution in [0.25, 0.3) is 4.91 Å². The molecule has 1 saturated heterocycles. The first kappa shape index (κ1) is 25.5. The van der Waals surface area contributed by atoms with Crippen molar-refractivity contribution in [3.63, 3.8) is 0 Å². The van der Waals surface area contributed by atoms with E-state index < -0.39 is 10.2 Å². The Morgan fingerprint density at radius 1 is 1.17 bits per heavy atom. The van der Waals surface area contributed by atoms with E-state index in [0.717, 1.165) is 32.7 Å². The van der Waals surface area contributed by atoms with E-state index in [4.69, 9.17) is 35.6 Å². The molecule has 1 heterocycles. The third kappa shape index (κ3) is 9.55. The fourth-order valence-corrected chi connectivity index (χ4v) is 5.40. The van der Waals surface area contributed by atoms with Crippen LogP contribution < -0.4 is 23.5 Å². The van der Waals surface area contributed by atoms with E-state index in [1.165, 1.54) is 21.8 Å². The summed E-state index contributed by atoms with van der Waals surface area (Å²) in [6.45, 7) is 8.83. The normalized spacial score (nSPS) is 22.5. The van der Waals surface area contributed by atoms with Crippen molar-refractivity contribution in [3.8, 4) is 0 Å². The Morgan fingerprint density at radius 3 is 2.33 bits per heavy atom. The van der Waals surface area contributed by atoms with E-state index in [1.807, 2.05) is 11.8 Å². The maximum atomic E-state index is 8.49. The number of ether oxygens (including phenoxy) is 1. The van der Waals surface area contributed by atoms with Crippen molar-refractivity contribution in [2.24, 2.45) is 5.41 Å². The van der Waals surface area contributed by atoms with Gasteiger partial charge in [-0.3, -0.25) is 0 Å². The molecule has 0 bridgehead atoms. The number of hydrogen-bond donors (Lipinski definition) is 1.